The van der Waals surface area contributed by atoms with Crippen molar-refractivity contribution in [2.24, 2.45) is 0 Å². The van der Waals surface area contributed by atoms with Crippen LogP contribution in [0.3, 0.4) is 0 Å². The summed E-state index contributed by atoms with van der Waals surface area (Å²) in [4.78, 5) is 19.8. The van der Waals surface area contributed by atoms with Crippen molar-refractivity contribution in [1.82, 2.24) is 60.8 Å². The van der Waals surface area contributed by atoms with Crippen LogP contribution in [0.5, 0.6) is 0 Å². The van der Waals surface area contributed by atoms with Gasteiger partial charge in [-0.3, -0.25) is 102 Å². The van der Waals surface area contributed by atoms with Crippen LogP contribution in [-0.2, 0) is 104 Å². The van der Waals surface area contributed by atoms with Crippen LogP contribution in [0.4, 0.5) is 0 Å². The molecule has 0 aliphatic carbocycles. The first-order valence-electron chi connectivity index (χ1n) is 9.99. The second kappa shape index (κ2) is 34.5. The summed E-state index contributed by atoms with van der Waals surface area (Å²) in [7, 11) is 0. The Morgan fingerprint density at radius 3 is 0.364 bits per heavy atom. The Bertz CT molecular complexity index is 420. The minimum absolute atomic E-state index is 0. The molecule has 8 bridgehead atoms. The molecule has 0 spiro atoms. The third-order valence-electron chi connectivity index (χ3n) is 4.80. The number of hydrogen-bond acceptors (Lipinski definition) is 24. The summed E-state index contributed by atoms with van der Waals surface area (Å²) in [6.07, 6.45) is 0. The van der Waals surface area contributed by atoms with Gasteiger partial charge in [0.2, 0.25) is 0 Å². The Hall–Kier alpha value is 1.61. The summed E-state index contributed by atoms with van der Waals surface area (Å²) in [5, 5.41) is 80.0. The van der Waals surface area contributed by atoms with E-state index in [4.69, 9.17) is 62.5 Å². The minimum Gasteiger partial charge on any atom is -0.693 e. The molecule has 8 aliphatic heterocycles. The molecule has 258 valence electrons. The van der Waals surface area contributed by atoms with Crippen LogP contribution in [0.1, 0.15) is 0 Å². The Balaban J connectivity index is -0.0000000604. The zero-order valence-corrected chi connectivity index (χ0v) is 36.3. The third kappa shape index (κ3) is 32.2. The molecule has 32 heteroatoms. The first kappa shape index (κ1) is 64.2. The molecule has 0 aromatic rings. The van der Waals surface area contributed by atoms with E-state index in [1.54, 1.807) is 0 Å². The van der Waals surface area contributed by atoms with Gasteiger partial charge in [0.25, 0.3) is 0 Å². The van der Waals surface area contributed by atoms with E-state index in [1.807, 2.05) is 0 Å². The SMILES string of the molecule is C1N2CN3CN1CN(C2)C3.C1N2CN3CN1CN(C2)C3.ON(O)O.ON(O)O.ON(O)O.ON(O)O.[Cd+2].[Cd+2].[Cd].[NH2-].[OH3+].[OH3+].[OH3+].[OH3+]. The van der Waals surface area contributed by atoms with Crippen LogP contribution in [0.25, 0.3) is 6.15 Å². The topological polar surface area (TPSA) is 447 Å². The van der Waals surface area contributed by atoms with Gasteiger partial charge in [-0.05, 0) is 0 Å². The standard InChI is InChI=1S/2C6H12N4.3Cd.4H3NO3.H2N.4H2O/c2*1-7-2-9-4-8(1)5-10(3-7)6-9;;;;4*2-1(3)4;;;;;/h2*1-6H2;;;;4*2-4H;5*1H2/q;;;2*+2;;;;;-1;;;;/p+4. The molecule has 8 rings (SSSR count). The maximum Gasteiger partial charge on any atom is 2.00 e. The Morgan fingerprint density at radius 2 is 0.318 bits per heavy atom. The van der Waals surface area contributed by atoms with Crippen LogP contribution < -0.4 is 0 Å². The average molecular weight is 970 g/mol. The molecule has 8 heterocycles. The largest absolute Gasteiger partial charge is 2.00 e. The van der Waals surface area contributed by atoms with Crippen molar-refractivity contribution >= 4 is 0 Å². The molecular weight excluding hydrogens is 919 g/mol. The smallest absolute Gasteiger partial charge is 0.693 e. The summed E-state index contributed by atoms with van der Waals surface area (Å²) in [5.74, 6) is 0. The summed E-state index contributed by atoms with van der Waals surface area (Å²) in [6, 6.07) is 0. The van der Waals surface area contributed by atoms with E-state index in [0.717, 1.165) is 0 Å². The van der Waals surface area contributed by atoms with Gasteiger partial charge in [0.1, 0.15) is 0 Å². The fraction of sp³-hybridized carbons (Fsp3) is 1.00. The molecule has 26 N–H and O–H groups in total. The number of nitrogens with zero attached hydrogens (tertiary/aromatic N) is 12. The van der Waals surface area contributed by atoms with Gasteiger partial charge >= 0.3 is 54.6 Å². The predicted molar refractivity (Wildman–Crippen MR) is 127 cm³/mol. The van der Waals surface area contributed by atoms with Crippen LogP contribution in [0.2, 0.25) is 0 Å². The Labute approximate surface area is 311 Å². The molecule has 8 saturated heterocycles. The number of rotatable bonds is 0. The summed E-state index contributed by atoms with van der Waals surface area (Å²) in [5.41, 5.74) is 0. The van der Waals surface area contributed by atoms with E-state index in [0.29, 0.717) is 0 Å². The molecule has 29 nitrogen and oxygen atoms in total. The first-order valence-corrected chi connectivity index (χ1v) is 9.99. The monoisotopic (exact) mass is 974 g/mol. The maximum absolute atomic E-state index is 7.00. The van der Waals surface area contributed by atoms with E-state index in [-0.39, 0.29) is 110 Å². The van der Waals surface area contributed by atoms with Gasteiger partial charge in [-0.15, -0.1) is 0 Å². The van der Waals surface area contributed by atoms with Crippen molar-refractivity contribution in [2.75, 3.05) is 80.0 Å². The molecule has 0 amide bonds. The van der Waals surface area contributed by atoms with Crippen LogP contribution >= 0.6 is 0 Å². The second-order valence-electron chi connectivity index (χ2n) is 8.14. The van der Waals surface area contributed by atoms with Gasteiger partial charge in [0, 0.05) is 27.3 Å². The van der Waals surface area contributed by atoms with E-state index < -0.39 is 21.6 Å². The fourth-order valence-electron chi connectivity index (χ4n) is 4.47. The predicted octanol–water partition coefficient (Wildman–Crippen LogP) is -7.19. The zero-order valence-electron chi connectivity index (χ0n) is 24.2. The quantitative estimate of drug-likeness (QED) is 0.0609. The molecule has 8 aliphatic rings. The van der Waals surface area contributed by atoms with Gasteiger partial charge in [-0.2, -0.15) is 0 Å². The number of hydrogen-bond donors (Lipinski definition) is 12. The van der Waals surface area contributed by atoms with Gasteiger partial charge in [0.15, 0.2) is 0 Å². The molecule has 0 aromatic carbocycles. The first-order chi connectivity index (χ1) is 16.7. The minimum atomic E-state index is -1.00. The zero-order chi connectivity index (χ0) is 27.4. The summed E-state index contributed by atoms with van der Waals surface area (Å²) >= 11 is 0. The van der Waals surface area contributed by atoms with Crippen LogP contribution in [-0.4, -0.2) is 203 Å². The normalized spacial score (nSPS) is 29.5. The van der Waals surface area contributed by atoms with Crippen molar-refractivity contribution in [1.29, 1.82) is 0 Å². The molecule has 0 unspecified atom stereocenters. The molecule has 0 aromatic heterocycles. The van der Waals surface area contributed by atoms with Crippen molar-refractivity contribution < 1.29 is 166 Å². The van der Waals surface area contributed by atoms with Crippen molar-refractivity contribution in [3.8, 4) is 0 Å². The van der Waals surface area contributed by atoms with Crippen LogP contribution in [0.15, 0.2) is 0 Å². The molecular formula is C12H50Cd3N13O16+7. The van der Waals surface area contributed by atoms with Crippen LogP contribution in [0, 0.1) is 0 Å². The maximum atomic E-state index is 7.00. The Morgan fingerprint density at radius 1 is 0.273 bits per heavy atom. The molecule has 44 heavy (non-hydrogen) atoms. The van der Waals surface area contributed by atoms with Gasteiger partial charge in [-0.1, -0.05) is 0 Å². The molecule has 0 atom stereocenters. The van der Waals surface area contributed by atoms with Gasteiger partial charge in [0.05, 0.1) is 102 Å². The van der Waals surface area contributed by atoms with E-state index >= 15 is 0 Å². The average Bonchev–Trinajstić information content (AvgIpc) is 2.64. The second-order valence-corrected chi connectivity index (χ2v) is 8.14. The van der Waals surface area contributed by atoms with E-state index in [2.05, 4.69) is 39.2 Å². The third-order valence-corrected chi connectivity index (χ3v) is 4.80. The van der Waals surface area contributed by atoms with Gasteiger partial charge in [-0.25, -0.2) is 0 Å². The molecule has 8 fully saturated rings. The number of nitrogens with two attached hydrogens (primary N) is 1. The van der Waals surface area contributed by atoms with Crippen molar-refractivity contribution in [3.63, 3.8) is 0 Å². The van der Waals surface area contributed by atoms with Crippen molar-refractivity contribution in [2.45, 2.75) is 0 Å². The van der Waals surface area contributed by atoms with Crippen molar-refractivity contribution in [3.05, 3.63) is 6.15 Å². The summed E-state index contributed by atoms with van der Waals surface area (Å²) < 4.78 is 0. The molecule has 0 saturated carbocycles. The Kier molecular flexibility index (Phi) is 50.3. The van der Waals surface area contributed by atoms with E-state index in [1.165, 1.54) is 80.0 Å². The van der Waals surface area contributed by atoms with E-state index in [9.17, 15) is 0 Å². The molecule has 0 radical (unpaired) electrons. The summed E-state index contributed by atoms with van der Waals surface area (Å²) in [6.45, 7) is 14.2. The fourth-order valence-corrected chi connectivity index (χ4v) is 4.47. The van der Waals surface area contributed by atoms with Gasteiger partial charge < -0.3 is 28.1 Å².